The molecule has 1 amide bonds. The Hall–Kier alpha value is -3.43. The molecule has 0 atom stereocenters. The molecule has 0 radical (unpaired) electrons. The van der Waals surface area contributed by atoms with Crippen LogP contribution in [0.4, 0.5) is 10.1 Å². The van der Waals surface area contributed by atoms with Crippen LogP contribution in [0, 0.1) is 5.82 Å². The number of hydrogen-bond acceptors (Lipinski definition) is 5. The van der Waals surface area contributed by atoms with Crippen molar-refractivity contribution in [2.45, 2.75) is 11.5 Å². The molecular weight excluding hydrogens is 411 g/mol. The normalized spacial score (nSPS) is 11.0. The zero-order valence-electron chi connectivity index (χ0n) is 16.0. The molecule has 0 bridgehead atoms. The van der Waals surface area contributed by atoms with E-state index in [4.69, 9.17) is 14.6 Å². The first-order valence-electron chi connectivity index (χ1n) is 8.76. The maximum atomic E-state index is 13.3. The molecule has 3 aromatic rings. The number of nitrogens with two attached hydrogens (primary N) is 1. The van der Waals surface area contributed by atoms with Gasteiger partial charge in [-0.3, -0.25) is 4.79 Å². The SMILES string of the molecule is COc1ccc(S(N)(=O)=O)cc1C(=O)Nc1cccc(OCc2cccc(F)c2)c1. The number of amides is 1. The topological polar surface area (TPSA) is 108 Å². The number of benzene rings is 3. The van der Waals surface area contributed by atoms with E-state index in [2.05, 4.69) is 5.32 Å². The highest BCUT2D eigenvalue weighted by Crippen LogP contribution is 2.24. The minimum absolute atomic E-state index is 0.00936. The van der Waals surface area contributed by atoms with Gasteiger partial charge in [0.15, 0.2) is 0 Å². The molecule has 9 heteroatoms. The summed E-state index contributed by atoms with van der Waals surface area (Å²) in [5, 5.41) is 7.80. The summed E-state index contributed by atoms with van der Waals surface area (Å²) in [6, 6.07) is 16.4. The molecule has 0 heterocycles. The third kappa shape index (κ3) is 5.34. The largest absolute Gasteiger partial charge is 0.496 e. The highest BCUT2D eigenvalue weighted by molar-refractivity contribution is 7.89. The van der Waals surface area contributed by atoms with E-state index in [-0.39, 0.29) is 28.6 Å². The number of carbonyl (C=O) groups is 1. The maximum absolute atomic E-state index is 13.3. The van der Waals surface area contributed by atoms with Crippen molar-refractivity contribution in [1.82, 2.24) is 0 Å². The van der Waals surface area contributed by atoms with Crippen LogP contribution in [-0.2, 0) is 16.6 Å². The van der Waals surface area contributed by atoms with Crippen molar-refractivity contribution in [1.29, 1.82) is 0 Å². The third-order valence-corrected chi connectivity index (χ3v) is 5.04. The Morgan fingerprint density at radius 1 is 1.07 bits per heavy atom. The average molecular weight is 430 g/mol. The van der Waals surface area contributed by atoms with Crippen molar-refractivity contribution in [3.63, 3.8) is 0 Å². The van der Waals surface area contributed by atoms with Crippen LogP contribution in [0.15, 0.2) is 71.6 Å². The summed E-state index contributed by atoms with van der Waals surface area (Å²) in [6.45, 7) is 0.152. The Labute approximate surface area is 173 Å². The fraction of sp³-hybridized carbons (Fsp3) is 0.0952. The summed E-state index contributed by atoms with van der Waals surface area (Å²) in [7, 11) is -2.62. The monoisotopic (exact) mass is 430 g/mol. The summed E-state index contributed by atoms with van der Waals surface area (Å²) in [5.74, 6) is -0.284. The summed E-state index contributed by atoms with van der Waals surface area (Å²) in [6.07, 6.45) is 0. The minimum atomic E-state index is -3.98. The molecule has 0 spiro atoms. The Bertz CT molecular complexity index is 1180. The van der Waals surface area contributed by atoms with Crippen LogP contribution in [0.2, 0.25) is 0 Å². The second-order valence-electron chi connectivity index (χ2n) is 6.31. The quantitative estimate of drug-likeness (QED) is 0.598. The Kier molecular flexibility index (Phi) is 6.34. The molecule has 0 fully saturated rings. The molecule has 0 aliphatic rings. The minimum Gasteiger partial charge on any atom is -0.496 e. The number of nitrogens with one attached hydrogen (secondary N) is 1. The molecule has 7 nitrogen and oxygen atoms in total. The highest BCUT2D eigenvalue weighted by Gasteiger charge is 2.17. The van der Waals surface area contributed by atoms with Gasteiger partial charge in [0.2, 0.25) is 10.0 Å². The first-order chi connectivity index (χ1) is 14.3. The first kappa shape index (κ1) is 21.3. The van der Waals surface area contributed by atoms with Gasteiger partial charge in [0, 0.05) is 11.8 Å². The van der Waals surface area contributed by atoms with Gasteiger partial charge in [-0.05, 0) is 48.0 Å². The van der Waals surface area contributed by atoms with Gasteiger partial charge in [-0.2, -0.15) is 0 Å². The highest BCUT2D eigenvalue weighted by atomic mass is 32.2. The van der Waals surface area contributed by atoms with Crippen LogP contribution in [0.5, 0.6) is 11.5 Å². The van der Waals surface area contributed by atoms with Gasteiger partial charge >= 0.3 is 0 Å². The number of sulfonamides is 1. The van der Waals surface area contributed by atoms with E-state index in [1.165, 1.54) is 31.4 Å². The zero-order chi connectivity index (χ0) is 21.7. The summed E-state index contributed by atoms with van der Waals surface area (Å²) < 4.78 is 47.2. The van der Waals surface area contributed by atoms with Gasteiger partial charge in [-0.25, -0.2) is 17.9 Å². The smallest absolute Gasteiger partial charge is 0.259 e. The lowest BCUT2D eigenvalue weighted by atomic mass is 10.1. The van der Waals surface area contributed by atoms with Crippen molar-refractivity contribution in [2.24, 2.45) is 5.14 Å². The predicted molar refractivity (Wildman–Crippen MR) is 109 cm³/mol. The van der Waals surface area contributed by atoms with Crippen molar-refractivity contribution < 1.29 is 27.1 Å². The molecule has 0 aromatic heterocycles. The van der Waals surface area contributed by atoms with Crippen molar-refractivity contribution >= 4 is 21.6 Å². The molecule has 3 N–H and O–H groups in total. The van der Waals surface area contributed by atoms with E-state index in [1.807, 2.05) is 0 Å². The van der Waals surface area contributed by atoms with Gasteiger partial charge in [0.25, 0.3) is 5.91 Å². The average Bonchev–Trinajstić information content (AvgIpc) is 2.71. The lowest BCUT2D eigenvalue weighted by Gasteiger charge is -2.12. The molecule has 0 aliphatic heterocycles. The van der Waals surface area contributed by atoms with E-state index in [1.54, 1.807) is 36.4 Å². The van der Waals surface area contributed by atoms with Gasteiger partial charge in [-0.1, -0.05) is 18.2 Å². The molecule has 30 heavy (non-hydrogen) atoms. The van der Waals surface area contributed by atoms with Gasteiger partial charge in [0.05, 0.1) is 17.6 Å². The van der Waals surface area contributed by atoms with Gasteiger partial charge in [-0.15, -0.1) is 0 Å². The Morgan fingerprint density at radius 2 is 1.83 bits per heavy atom. The van der Waals surface area contributed by atoms with Gasteiger partial charge < -0.3 is 14.8 Å². The number of anilines is 1. The number of hydrogen-bond donors (Lipinski definition) is 2. The molecule has 0 saturated heterocycles. The lowest BCUT2D eigenvalue weighted by Crippen LogP contribution is -2.16. The van der Waals surface area contributed by atoms with E-state index in [0.717, 1.165) is 6.07 Å². The summed E-state index contributed by atoms with van der Waals surface area (Å²) >= 11 is 0. The van der Waals surface area contributed by atoms with Crippen LogP contribution < -0.4 is 19.9 Å². The fourth-order valence-corrected chi connectivity index (χ4v) is 3.24. The predicted octanol–water partition coefficient (Wildman–Crippen LogP) is 3.31. The maximum Gasteiger partial charge on any atom is 0.259 e. The zero-order valence-corrected chi connectivity index (χ0v) is 16.8. The number of methoxy groups -OCH3 is 1. The first-order valence-corrected chi connectivity index (χ1v) is 10.3. The molecule has 3 rings (SSSR count). The van der Waals surface area contributed by atoms with Crippen molar-refractivity contribution in [2.75, 3.05) is 12.4 Å². The fourth-order valence-electron chi connectivity index (χ4n) is 2.70. The molecule has 3 aromatic carbocycles. The standard InChI is InChI=1S/C21H19FN2O5S/c1-28-20-9-8-18(30(23,26)27)12-19(20)21(25)24-16-6-3-7-17(11-16)29-13-14-4-2-5-15(22)10-14/h2-12H,13H2,1H3,(H,24,25)(H2,23,26,27). The number of rotatable bonds is 7. The van der Waals surface area contributed by atoms with Crippen molar-refractivity contribution in [3.05, 3.63) is 83.7 Å². The Balaban J connectivity index is 1.76. The molecular formula is C21H19FN2O5S. The Morgan fingerprint density at radius 3 is 2.53 bits per heavy atom. The number of halogens is 1. The second-order valence-corrected chi connectivity index (χ2v) is 7.87. The van der Waals surface area contributed by atoms with Crippen LogP contribution >= 0.6 is 0 Å². The van der Waals surface area contributed by atoms with E-state index in [0.29, 0.717) is 17.0 Å². The van der Waals surface area contributed by atoms with E-state index in [9.17, 15) is 17.6 Å². The third-order valence-electron chi connectivity index (χ3n) is 4.13. The van der Waals surface area contributed by atoms with Crippen LogP contribution in [0.1, 0.15) is 15.9 Å². The molecule has 0 unspecified atom stereocenters. The summed E-state index contributed by atoms with van der Waals surface area (Å²) in [5.41, 5.74) is 1.09. The van der Waals surface area contributed by atoms with Crippen molar-refractivity contribution in [3.8, 4) is 11.5 Å². The van der Waals surface area contributed by atoms with E-state index < -0.39 is 15.9 Å². The number of ether oxygens (including phenoxy) is 2. The molecule has 0 aliphatic carbocycles. The number of carbonyl (C=O) groups excluding carboxylic acids is 1. The molecule has 0 saturated carbocycles. The summed E-state index contributed by atoms with van der Waals surface area (Å²) in [4.78, 5) is 12.5. The van der Waals surface area contributed by atoms with Crippen LogP contribution in [0.25, 0.3) is 0 Å². The lowest BCUT2D eigenvalue weighted by molar-refractivity contribution is 0.102. The second kappa shape index (κ2) is 8.93. The van der Waals surface area contributed by atoms with Crippen LogP contribution in [0.3, 0.4) is 0 Å². The van der Waals surface area contributed by atoms with Crippen LogP contribution in [-0.4, -0.2) is 21.4 Å². The number of primary sulfonamides is 1. The molecule has 156 valence electrons. The van der Waals surface area contributed by atoms with E-state index >= 15 is 0 Å². The van der Waals surface area contributed by atoms with Gasteiger partial charge in [0.1, 0.15) is 23.9 Å².